The maximum atomic E-state index is 12.2. The van der Waals surface area contributed by atoms with Crippen LogP contribution in [-0.2, 0) is 20.7 Å². The fourth-order valence-electron chi connectivity index (χ4n) is 2.50. The van der Waals surface area contributed by atoms with Crippen molar-refractivity contribution in [2.45, 2.75) is 25.1 Å². The SMILES string of the molecule is CC1(OC(=O)[C@@H](N)Cc2c[nH]c3ccccc23)NC(=S)NC1=O. The lowest BCUT2D eigenvalue weighted by atomic mass is 10.1. The molecule has 1 aliphatic rings. The third-order valence-electron chi connectivity index (χ3n) is 3.73. The van der Waals surface area contributed by atoms with Gasteiger partial charge in [-0.2, -0.15) is 0 Å². The fraction of sp³-hybridized carbons (Fsp3) is 0.267. The summed E-state index contributed by atoms with van der Waals surface area (Å²) in [6.07, 6.45) is 2.11. The first-order valence-electron chi connectivity index (χ1n) is 7.06. The van der Waals surface area contributed by atoms with Gasteiger partial charge in [0.05, 0.1) is 0 Å². The third-order valence-corrected chi connectivity index (χ3v) is 3.94. The highest BCUT2D eigenvalue weighted by Crippen LogP contribution is 2.20. The zero-order chi connectivity index (χ0) is 16.6. The number of carbonyl (C=O) groups excluding carboxylic acids is 2. The second-order valence-electron chi connectivity index (χ2n) is 5.53. The van der Waals surface area contributed by atoms with E-state index < -0.39 is 23.6 Å². The van der Waals surface area contributed by atoms with Crippen LogP contribution in [0.1, 0.15) is 12.5 Å². The Labute approximate surface area is 137 Å². The van der Waals surface area contributed by atoms with Crippen molar-refractivity contribution in [3.63, 3.8) is 0 Å². The minimum atomic E-state index is -1.52. The molecule has 5 N–H and O–H groups in total. The average Bonchev–Trinajstić information content (AvgIpc) is 3.00. The van der Waals surface area contributed by atoms with E-state index in [1.165, 1.54) is 6.92 Å². The van der Waals surface area contributed by atoms with E-state index in [1.54, 1.807) is 0 Å². The summed E-state index contributed by atoms with van der Waals surface area (Å²) in [7, 11) is 0. The second-order valence-corrected chi connectivity index (χ2v) is 5.94. The van der Waals surface area contributed by atoms with Crippen LogP contribution in [0.5, 0.6) is 0 Å². The highest BCUT2D eigenvalue weighted by atomic mass is 32.1. The molecule has 0 saturated carbocycles. The number of hydrogen-bond acceptors (Lipinski definition) is 5. The van der Waals surface area contributed by atoms with Crippen molar-refractivity contribution in [2.75, 3.05) is 0 Å². The third kappa shape index (κ3) is 2.90. The molecule has 1 unspecified atom stereocenters. The van der Waals surface area contributed by atoms with Gasteiger partial charge in [-0.15, -0.1) is 0 Å². The summed E-state index contributed by atoms with van der Waals surface area (Å²) in [6.45, 7) is 1.43. The molecule has 8 heteroatoms. The van der Waals surface area contributed by atoms with Gasteiger partial charge in [-0.1, -0.05) is 18.2 Å². The number of rotatable bonds is 4. The van der Waals surface area contributed by atoms with E-state index in [2.05, 4.69) is 15.6 Å². The largest absolute Gasteiger partial charge is 0.428 e. The summed E-state index contributed by atoms with van der Waals surface area (Å²) in [6, 6.07) is 6.83. The number of para-hydroxylation sites is 1. The summed E-state index contributed by atoms with van der Waals surface area (Å²) < 4.78 is 5.22. The number of carbonyl (C=O) groups is 2. The number of nitrogens with two attached hydrogens (primary N) is 1. The molecule has 23 heavy (non-hydrogen) atoms. The maximum Gasteiger partial charge on any atom is 0.325 e. The van der Waals surface area contributed by atoms with Crippen LogP contribution in [0.25, 0.3) is 10.9 Å². The van der Waals surface area contributed by atoms with Crippen molar-refractivity contribution in [3.8, 4) is 0 Å². The highest BCUT2D eigenvalue weighted by molar-refractivity contribution is 7.80. The van der Waals surface area contributed by atoms with Gasteiger partial charge in [-0.3, -0.25) is 14.9 Å². The van der Waals surface area contributed by atoms with E-state index >= 15 is 0 Å². The van der Waals surface area contributed by atoms with Crippen molar-refractivity contribution >= 4 is 40.1 Å². The Morgan fingerprint density at radius 3 is 2.87 bits per heavy atom. The van der Waals surface area contributed by atoms with Gasteiger partial charge in [0.25, 0.3) is 11.6 Å². The molecular weight excluding hydrogens is 316 g/mol. The van der Waals surface area contributed by atoms with Crippen LogP contribution >= 0.6 is 12.2 Å². The van der Waals surface area contributed by atoms with Crippen LogP contribution in [-0.4, -0.2) is 33.7 Å². The van der Waals surface area contributed by atoms with Gasteiger partial charge in [0, 0.05) is 30.4 Å². The van der Waals surface area contributed by atoms with Crippen molar-refractivity contribution in [1.29, 1.82) is 0 Å². The first kappa shape index (κ1) is 15.4. The Balaban J connectivity index is 1.71. The molecule has 1 aliphatic heterocycles. The first-order chi connectivity index (χ1) is 10.9. The highest BCUT2D eigenvalue weighted by Gasteiger charge is 2.44. The maximum absolute atomic E-state index is 12.2. The zero-order valence-corrected chi connectivity index (χ0v) is 13.2. The Morgan fingerprint density at radius 2 is 2.17 bits per heavy atom. The lowest BCUT2D eigenvalue weighted by molar-refractivity contribution is -0.167. The molecule has 1 aromatic carbocycles. The van der Waals surface area contributed by atoms with Crippen LogP contribution in [0, 0.1) is 0 Å². The van der Waals surface area contributed by atoms with Gasteiger partial charge in [-0.25, -0.2) is 0 Å². The molecule has 2 heterocycles. The number of aromatic amines is 1. The Hall–Kier alpha value is -2.45. The Morgan fingerprint density at radius 1 is 1.43 bits per heavy atom. The summed E-state index contributed by atoms with van der Waals surface area (Å²) in [5, 5.41) is 6.12. The fourth-order valence-corrected chi connectivity index (χ4v) is 2.78. The molecule has 3 rings (SSSR count). The van der Waals surface area contributed by atoms with Gasteiger partial charge in [0.2, 0.25) is 0 Å². The van der Waals surface area contributed by atoms with E-state index in [0.29, 0.717) is 6.42 Å². The quantitative estimate of drug-likeness (QED) is 0.474. The van der Waals surface area contributed by atoms with Crippen LogP contribution in [0.15, 0.2) is 30.5 Å². The molecule has 0 bridgehead atoms. The van der Waals surface area contributed by atoms with Crippen molar-refractivity contribution in [1.82, 2.24) is 15.6 Å². The van der Waals surface area contributed by atoms with Crippen molar-refractivity contribution < 1.29 is 14.3 Å². The number of H-pyrrole nitrogens is 1. The summed E-state index contributed by atoms with van der Waals surface area (Å²) in [5.41, 5.74) is 6.30. The number of esters is 1. The summed E-state index contributed by atoms with van der Waals surface area (Å²) >= 11 is 4.84. The smallest absolute Gasteiger partial charge is 0.325 e. The topological polar surface area (TPSA) is 109 Å². The number of thiocarbonyl (C=S) groups is 1. The number of nitrogens with one attached hydrogen (secondary N) is 3. The molecule has 2 atom stereocenters. The van der Waals surface area contributed by atoms with E-state index in [-0.39, 0.29) is 5.11 Å². The minimum Gasteiger partial charge on any atom is -0.428 e. The number of amides is 1. The second kappa shape index (κ2) is 5.64. The summed E-state index contributed by atoms with van der Waals surface area (Å²) in [4.78, 5) is 27.1. The Kier molecular flexibility index (Phi) is 3.78. The first-order valence-corrected chi connectivity index (χ1v) is 7.47. The number of fused-ring (bicyclic) bond motifs is 1. The molecule has 120 valence electrons. The van der Waals surface area contributed by atoms with Gasteiger partial charge < -0.3 is 20.8 Å². The molecule has 2 aromatic rings. The van der Waals surface area contributed by atoms with E-state index in [9.17, 15) is 9.59 Å². The van der Waals surface area contributed by atoms with Crippen LogP contribution in [0.4, 0.5) is 0 Å². The average molecular weight is 332 g/mol. The number of aromatic nitrogens is 1. The van der Waals surface area contributed by atoms with Gasteiger partial charge in [0.15, 0.2) is 5.11 Å². The molecule has 1 aromatic heterocycles. The van der Waals surface area contributed by atoms with E-state index in [4.69, 9.17) is 22.7 Å². The van der Waals surface area contributed by atoms with Crippen LogP contribution < -0.4 is 16.4 Å². The molecule has 0 aliphatic carbocycles. The Bertz CT molecular complexity index is 803. The van der Waals surface area contributed by atoms with Crippen molar-refractivity contribution in [2.24, 2.45) is 5.73 Å². The summed E-state index contributed by atoms with van der Waals surface area (Å²) in [5.74, 6) is -1.19. The number of hydrogen-bond donors (Lipinski definition) is 4. The number of benzene rings is 1. The lowest BCUT2D eigenvalue weighted by Gasteiger charge is -2.23. The van der Waals surface area contributed by atoms with Crippen LogP contribution in [0.2, 0.25) is 0 Å². The lowest BCUT2D eigenvalue weighted by Crippen LogP contribution is -2.51. The molecule has 1 fully saturated rings. The standard InChI is InChI=1S/C15H16N4O3S/c1-15(13(21)18-14(23)19-15)22-12(20)10(16)6-8-7-17-11-5-3-2-4-9(8)11/h2-5,7,10,17H,6,16H2,1H3,(H2,18,19,21,23)/t10-,15?/m0/s1. The molecule has 1 saturated heterocycles. The normalized spacial score (nSPS) is 21.8. The van der Waals surface area contributed by atoms with Gasteiger partial charge >= 0.3 is 5.97 Å². The molecule has 0 radical (unpaired) electrons. The van der Waals surface area contributed by atoms with Crippen molar-refractivity contribution in [3.05, 3.63) is 36.0 Å². The number of ether oxygens (including phenoxy) is 1. The van der Waals surface area contributed by atoms with E-state index in [1.807, 2.05) is 30.5 Å². The zero-order valence-electron chi connectivity index (χ0n) is 12.4. The predicted molar refractivity (Wildman–Crippen MR) is 88.4 cm³/mol. The molecular formula is C15H16N4O3S. The van der Waals surface area contributed by atoms with Gasteiger partial charge in [0.1, 0.15) is 6.04 Å². The predicted octanol–water partition coefficient (Wildman–Crippen LogP) is 0.301. The van der Waals surface area contributed by atoms with E-state index in [0.717, 1.165) is 16.5 Å². The minimum absolute atomic E-state index is 0.121. The monoisotopic (exact) mass is 332 g/mol. The molecule has 0 spiro atoms. The molecule has 7 nitrogen and oxygen atoms in total. The van der Waals surface area contributed by atoms with Gasteiger partial charge in [-0.05, 0) is 23.8 Å². The van der Waals surface area contributed by atoms with Crippen LogP contribution in [0.3, 0.4) is 0 Å². The molecule has 1 amide bonds.